The number of esters is 2. The fraction of sp³-hybridized carbons (Fsp3) is 0.632. The van der Waals surface area contributed by atoms with Crippen molar-refractivity contribution in [3.8, 4) is 11.5 Å². The summed E-state index contributed by atoms with van der Waals surface area (Å²) in [5, 5.41) is 22.1. The van der Waals surface area contributed by atoms with Gasteiger partial charge in [0.15, 0.2) is 0 Å². The van der Waals surface area contributed by atoms with E-state index in [4.69, 9.17) is 9.47 Å². The Morgan fingerprint density at radius 3 is 1.02 bits per heavy atom. The molecule has 0 bridgehead atoms. The van der Waals surface area contributed by atoms with E-state index < -0.39 is 10.5 Å². The largest absolute Gasteiger partial charge is 0.507 e. The summed E-state index contributed by atoms with van der Waals surface area (Å²) in [6.07, 6.45) is 0.179. The molecule has 6 nitrogen and oxygen atoms in total. The van der Waals surface area contributed by atoms with E-state index in [0.29, 0.717) is 0 Å². The van der Waals surface area contributed by atoms with Crippen LogP contribution >= 0.6 is 11.8 Å². The topological polar surface area (TPSA) is 93.1 Å². The first-order valence-corrected chi connectivity index (χ1v) is 17.1. The predicted octanol–water partition coefficient (Wildman–Crippen LogP) is 9.71. The highest BCUT2D eigenvalue weighted by atomic mass is 32.2. The van der Waals surface area contributed by atoms with Gasteiger partial charge in [-0.15, -0.1) is 11.8 Å². The summed E-state index contributed by atoms with van der Waals surface area (Å²) in [7, 11) is 0. The third kappa shape index (κ3) is 10.2. The monoisotopic (exact) mass is 642 g/mol. The quantitative estimate of drug-likeness (QED) is 0.249. The van der Waals surface area contributed by atoms with E-state index in [1.165, 1.54) is 11.8 Å². The molecule has 7 heteroatoms. The number of carbonyl (C=O) groups is 2. The van der Waals surface area contributed by atoms with E-state index in [-0.39, 0.29) is 71.2 Å². The van der Waals surface area contributed by atoms with Crippen molar-refractivity contribution in [2.45, 2.75) is 142 Å². The minimum absolute atomic E-state index is 0.0894. The maximum atomic E-state index is 13.1. The summed E-state index contributed by atoms with van der Waals surface area (Å²) in [6.45, 7) is 28.9. The Morgan fingerprint density at radius 2 is 0.822 bits per heavy atom. The van der Waals surface area contributed by atoms with Crippen molar-refractivity contribution in [2.75, 3.05) is 13.2 Å². The van der Waals surface area contributed by atoms with Gasteiger partial charge in [0, 0.05) is 10.5 Å². The van der Waals surface area contributed by atoms with Crippen molar-refractivity contribution in [2.24, 2.45) is 0 Å². The molecular weight excluding hydrogens is 584 g/mol. The van der Waals surface area contributed by atoms with Gasteiger partial charge in [-0.2, -0.15) is 0 Å². The Bertz CT molecular complexity index is 1170. The van der Waals surface area contributed by atoms with Gasteiger partial charge >= 0.3 is 11.9 Å². The van der Waals surface area contributed by atoms with Crippen molar-refractivity contribution in [3.63, 3.8) is 0 Å². The number of ether oxygens (including phenoxy) is 2. The highest BCUT2D eigenvalue weighted by Crippen LogP contribution is 2.50. The van der Waals surface area contributed by atoms with Gasteiger partial charge in [-0.1, -0.05) is 107 Å². The van der Waals surface area contributed by atoms with E-state index in [2.05, 4.69) is 83.1 Å². The average molecular weight is 643 g/mol. The highest BCUT2D eigenvalue weighted by molar-refractivity contribution is 7.99. The first-order valence-electron chi connectivity index (χ1n) is 16.1. The lowest BCUT2D eigenvalue weighted by Crippen LogP contribution is -2.20. The van der Waals surface area contributed by atoms with E-state index in [1.54, 1.807) is 13.8 Å². The Labute approximate surface area is 276 Å². The SMILES string of the molecule is CCOC(=O)CC(SC(CC(=O)OCC)c1cc(C(C)(C)C)c(O)c(C(C)(C)C)c1)c1cc(C(C)(C)C)c(O)c(C(C)(C)C)c1. The van der Waals surface area contributed by atoms with E-state index in [9.17, 15) is 19.8 Å². The number of hydrogen-bond donors (Lipinski definition) is 2. The van der Waals surface area contributed by atoms with Crippen molar-refractivity contribution in [3.05, 3.63) is 57.6 Å². The van der Waals surface area contributed by atoms with Crippen LogP contribution in [0.4, 0.5) is 0 Å². The lowest BCUT2D eigenvalue weighted by molar-refractivity contribution is -0.143. The maximum absolute atomic E-state index is 13.1. The molecule has 0 aromatic heterocycles. The Hall–Kier alpha value is -2.67. The number of carbonyl (C=O) groups excluding carboxylic acids is 2. The van der Waals surface area contributed by atoms with Crippen LogP contribution in [0.1, 0.15) is 154 Å². The zero-order valence-corrected chi connectivity index (χ0v) is 31.0. The standard InChI is InChI=1S/C38H58O6S/c1-15-43-31(39)21-29(23-17-25(35(3,4)5)33(41)26(18-23)36(6,7)8)45-30(22-32(40)44-16-2)24-19-27(37(9,10)11)34(42)28(20-24)38(12,13)14/h17-20,29-30,41-42H,15-16,21-22H2,1-14H3. The molecule has 2 aromatic carbocycles. The molecule has 0 fully saturated rings. The third-order valence-corrected chi connectivity index (χ3v) is 9.42. The number of aromatic hydroxyl groups is 2. The van der Waals surface area contributed by atoms with E-state index >= 15 is 0 Å². The molecule has 0 aliphatic carbocycles. The number of phenolic OH excluding ortho intramolecular Hbond substituents is 2. The summed E-state index contributed by atoms with van der Waals surface area (Å²) < 4.78 is 10.9. The highest BCUT2D eigenvalue weighted by Gasteiger charge is 2.33. The molecule has 0 radical (unpaired) electrons. The number of phenols is 2. The molecule has 2 rings (SSSR count). The molecule has 0 aliphatic heterocycles. The Morgan fingerprint density at radius 1 is 0.578 bits per heavy atom. The fourth-order valence-corrected chi connectivity index (χ4v) is 6.85. The zero-order chi connectivity index (χ0) is 34.7. The second-order valence-electron chi connectivity index (χ2n) is 16.1. The van der Waals surface area contributed by atoms with Crippen molar-refractivity contribution < 1.29 is 29.3 Å². The zero-order valence-electron chi connectivity index (χ0n) is 30.2. The van der Waals surface area contributed by atoms with Crippen LogP contribution in [-0.4, -0.2) is 35.4 Å². The lowest BCUT2D eigenvalue weighted by atomic mass is 9.78. The van der Waals surface area contributed by atoms with E-state index in [1.807, 2.05) is 24.3 Å². The van der Waals surface area contributed by atoms with Crippen molar-refractivity contribution >= 4 is 23.7 Å². The van der Waals surface area contributed by atoms with E-state index in [0.717, 1.165) is 33.4 Å². The smallest absolute Gasteiger partial charge is 0.307 e. The number of hydrogen-bond acceptors (Lipinski definition) is 7. The van der Waals surface area contributed by atoms with Gasteiger partial charge < -0.3 is 19.7 Å². The lowest BCUT2D eigenvalue weighted by Gasteiger charge is -2.32. The first-order chi connectivity index (χ1) is 20.4. The minimum atomic E-state index is -0.392. The number of thioether (sulfide) groups is 1. The van der Waals surface area contributed by atoms with Crippen LogP contribution in [-0.2, 0) is 40.7 Å². The molecule has 0 saturated heterocycles. The van der Waals surface area contributed by atoms with Gasteiger partial charge in [-0.3, -0.25) is 9.59 Å². The molecule has 252 valence electrons. The second kappa shape index (κ2) is 14.4. The summed E-state index contributed by atoms with van der Waals surface area (Å²) in [5.74, 6) is -0.122. The molecule has 2 unspecified atom stereocenters. The van der Waals surface area contributed by atoms with Crippen LogP contribution in [0, 0.1) is 0 Å². The molecule has 2 N–H and O–H groups in total. The van der Waals surface area contributed by atoms with Crippen molar-refractivity contribution in [1.29, 1.82) is 0 Å². The summed E-state index contributed by atoms with van der Waals surface area (Å²) in [6, 6.07) is 8.00. The number of benzene rings is 2. The molecule has 0 saturated carbocycles. The van der Waals surface area contributed by atoms with Gasteiger partial charge in [-0.25, -0.2) is 0 Å². The molecule has 0 aliphatic rings. The van der Waals surface area contributed by atoms with Crippen molar-refractivity contribution in [1.82, 2.24) is 0 Å². The van der Waals surface area contributed by atoms with Crippen LogP contribution in [0.5, 0.6) is 11.5 Å². The summed E-state index contributed by atoms with van der Waals surface area (Å²) in [5.41, 5.74) is 3.56. The Balaban J connectivity index is 2.92. The summed E-state index contributed by atoms with van der Waals surface area (Å²) in [4.78, 5) is 26.2. The number of rotatable bonds is 10. The molecular formula is C38H58O6S. The molecule has 0 spiro atoms. The predicted molar refractivity (Wildman–Crippen MR) is 187 cm³/mol. The molecule has 0 heterocycles. The summed E-state index contributed by atoms with van der Waals surface area (Å²) >= 11 is 1.53. The van der Waals surface area contributed by atoms with Gasteiger partial charge in [0.2, 0.25) is 0 Å². The minimum Gasteiger partial charge on any atom is -0.507 e. The Kier molecular flexibility index (Phi) is 12.3. The first kappa shape index (κ1) is 38.5. The normalized spacial score (nSPS) is 14.2. The molecule has 0 amide bonds. The van der Waals surface area contributed by atoms with Crippen LogP contribution < -0.4 is 0 Å². The second-order valence-corrected chi connectivity index (χ2v) is 17.5. The van der Waals surface area contributed by atoms with Gasteiger partial charge in [0.1, 0.15) is 11.5 Å². The van der Waals surface area contributed by atoms with Crippen LogP contribution in [0.2, 0.25) is 0 Å². The maximum Gasteiger partial charge on any atom is 0.307 e. The van der Waals surface area contributed by atoms with Crippen LogP contribution in [0.15, 0.2) is 24.3 Å². The molecule has 45 heavy (non-hydrogen) atoms. The van der Waals surface area contributed by atoms with Crippen LogP contribution in [0.25, 0.3) is 0 Å². The molecule has 2 atom stereocenters. The van der Waals surface area contributed by atoms with Crippen LogP contribution in [0.3, 0.4) is 0 Å². The molecule has 2 aromatic rings. The van der Waals surface area contributed by atoms with Gasteiger partial charge in [-0.05, 0) is 68.9 Å². The van der Waals surface area contributed by atoms with Gasteiger partial charge in [0.05, 0.1) is 26.1 Å². The fourth-order valence-electron chi connectivity index (χ4n) is 5.40. The average Bonchev–Trinajstić information content (AvgIpc) is 2.85. The van der Waals surface area contributed by atoms with Gasteiger partial charge in [0.25, 0.3) is 0 Å². The third-order valence-electron chi connectivity index (χ3n) is 7.88.